The lowest BCUT2D eigenvalue weighted by Crippen LogP contribution is -1.94. The summed E-state index contributed by atoms with van der Waals surface area (Å²) in [7, 11) is 0. The normalized spacial score (nSPS) is 11.0. The fourth-order valence-corrected chi connectivity index (χ4v) is 3.02. The Balaban J connectivity index is 1.78. The van der Waals surface area contributed by atoms with Crippen LogP contribution < -0.4 is 0 Å². The molecule has 0 aliphatic rings. The van der Waals surface area contributed by atoms with Gasteiger partial charge in [-0.2, -0.15) is 0 Å². The highest BCUT2D eigenvalue weighted by molar-refractivity contribution is 5.89. The van der Waals surface area contributed by atoms with Gasteiger partial charge in [-0.25, -0.2) is 24.3 Å². The number of nitrogens with one attached hydrogen (secondary N) is 1. The number of imidazole rings is 1. The minimum Gasteiger partial charge on any atom is -0.335 e. The molecule has 134 valence electrons. The van der Waals surface area contributed by atoms with E-state index in [-0.39, 0.29) is 0 Å². The van der Waals surface area contributed by atoms with Crippen molar-refractivity contribution in [1.82, 2.24) is 34.9 Å². The maximum atomic E-state index is 14.5. The molecular formula is C20H12FN7. The molecule has 5 aromatic heterocycles. The van der Waals surface area contributed by atoms with E-state index in [1.165, 1.54) is 12.5 Å². The molecule has 0 radical (unpaired) electrons. The van der Waals surface area contributed by atoms with E-state index in [0.717, 1.165) is 5.56 Å². The van der Waals surface area contributed by atoms with Gasteiger partial charge in [-0.1, -0.05) is 0 Å². The second-order valence-electron chi connectivity index (χ2n) is 6.03. The van der Waals surface area contributed by atoms with Crippen molar-refractivity contribution in [2.75, 3.05) is 0 Å². The molecule has 0 atom stereocenters. The van der Waals surface area contributed by atoms with Gasteiger partial charge in [-0.15, -0.1) is 0 Å². The SMILES string of the molecule is Fc1cnccc1-c1cc2[nH]c(-c3ccncn3)nc2nc1-c1cccnc1. The third-order valence-electron chi connectivity index (χ3n) is 4.30. The highest BCUT2D eigenvalue weighted by atomic mass is 19.1. The van der Waals surface area contributed by atoms with Gasteiger partial charge in [0, 0.05) is 41.5 Å². The molecule has 0 unspecified atom stereocenters. The van der Waals surface area contributed by atoms with Gasteiger partial charge < -0.3 is 4.98 Å². The Bertz CT molecular complexity index is 1270. The van der Waals surface area contributed by atoms with Gasteiger partial charge in [-0.05, 0) is 30.3 Å². The van der Waals surface area contributed by atoms with E-state index in [0.29, 0.717) is 39.5 Å². The Labute approximate surface area is 158 Å². The molecule has 0 aliphatic carbocycles. The Kier molecular flexibility index (Phi) is 3.79. The Morgan fingerprint density at radius 2 is 1.75 bits per heavy atom. The van der Waals surface area contributed by atoms with Gasteiger partial charge in [0.1, 0.15) is 17.8 Å². The fraction of sp³-hybridized carbons (Fsp3) is 0. The zero-order chi connectivity index (χ0) is 18.9. The van der Waals surface area contributed by atoms with E-state index >= 15 is 0 Å². The van der Waals surface area contributed by atoms with Gasteiger partial charge in [0.25, 0.3) is 0 Å². The van der Waals surface area contributed by atoms with Crippen LogP contribution in [0.3, 0.4) is 0 Å². The Morgan fingerprint density at radius 3 is 2.54 bits per heavy atom. The van der Waals surface area contributed by atoms with Crippen molar-refractivity contribution in [2.45, 2.75) is 0 Å². The highest BCUT2D eigenvalue weighted by Gasteiger charge is 2.17. The molecule has 0 aliphatic heterocycles. The third kappa shape index (κ3) is 2.77. The number of halogens is 1. The minimum absolute atomic E-state index is 0.404. The zero-order valence-corrected chi connectivity index (χ0v) is 14.4. The molecule has 5 aromatic rings. The lowest BCUT2D eigenvalue weighted by molar-refractivity contribution is 0.625. The Hall–Kier alpha value is -4.07. The molecule has 0 spiro atoms. The van der Waals surface area contributed by atoms with Crippen LogP contribution in [0.15, 0.2) is 67.6 Å². The van der Waals surface area contributed by atoms with Crippen molar-refractivity contribution in [3.63, 3.8) is 0 Å². The van der Waals surface area contributed by atoms with Crippen molar-refractivity contribution in [1.29, 1.82) is 0 Å². The molecule has 8 heteroatoms. The molecule has 0 bridgehead atoms. The predicted molar refractivity (Wildman–Crippen MR) is 101 cm³/mol. The Morgan fingerprint density at radius 1 is 0.857 bits per heavy atom. The zero-order valence-electron chi connectivity index (χ0n) is 14.4. The lowest BCUT2D eigenvalue weighted by atomic mass is 10.0. The van der Waals surface area contributed by atoms with Crippen LogP contribution >= 0.6 is 0 Å². The lowest BCUT2D eigenvalue weighted by Gasteiger charge is -2.09. The molecule has 1 N–H and O–H groups in total. The summed E-state index contributed by atoms with van der Waals surface area (Å²) in [6, 6.07) is 8.90. The standard InChI is InChI=1S/C20H12FN7/c21-15-10-23-6-3-13(15)14-8-17-20(27-18(14)12-2-1-5-22-9-12)28-19(26-17)16-4-7-24-11-25-16/h1-11H,(H,26,27,28). The average Bonchev–Trinajstić information content (AvgIpc) is 3.18. The topological polar surface area (TPSA) is 93.1 Å². The van der Waals surface area contributed by atoms with Gasteiger partial charge in [-0.3, -0.25) is 9.97 Å². The molecule has 5 heterocycles. The molecule has 5 rings (SSSR count). The molecule has 0 saturated heterocycles. The van der Waals surface area contributed by atoms with Gasteiger partial charge in [0.05, 0.1) is 17.4 Å². The van der Waals surface area contributed by atoms with Crippen LogP contribution in [0, 0.1) is 5.82 Å². The maximum Gasteiger partial charge on any atom is 0.178 e. The van der Waals surface area contributed by atoms with Crippen LogP contribution in [0.1, 0.15) is 0 Å². The van der Waals surface area contributed by atoms with E-state index < -0.39 is 5.82 Å². The average molecular weight is 369 g/mol. The summed E-state index contributed by atoms with van der Waals surface area (Å²) in [6.45, 7) is 0. The number of H-pyrrole nitrogens is 1. The number of aromatic amines is 1. The fourth-order valence-electron chi connectivity index (χ4n) is 3.02. The second kappa shape index (κ2) is 6.58. The summed E-state index contributed by atoms with van der Waals surface area (Å²) < 4.78 is 14.5. The first-order valence-electron chi connectivity index (χ1n) is 8.47. The summed E-state index contributed by atoms with van der Waals surface area (Å²) in [6.07, 6.45) is 9.20. The number of nitrogens with zero attached hydrogens (tertiary/aromatic N) is 6. The molecular weight excluding hydrogens is 357 g/mol. The van der Waals surface area contributed by atoms with E-state index in [9.17, 15) is 4.39 Å². The van der Waals surface area contributed by atoms with E-state index in [4.69, 9.17) is 4.98 Å². The van der Waals surface area contributed by atoms with Gasteiger partial charge in [0.2, 0.25) is 0 Å². The van der Waals surface area contributed by atoms with Crippen LogP contribution in [0.2, 0.25) is 0 Å². The number of hydrogen-bond acceptors (Lipinski definition) is 6. The van der Waals surface area contributed by atoms with Crippen molar-refractivity contribution >= 4 is 11.2 Å². The number of fused-ring (bicyclic) bond motifs is 1. The first kappa shape index (κ1) is 16.1. The highest BCUT2D eigenvalue weighted by Crippen LogP contribution is 2.34. The second-order valence-corrected chi connectivity index (χ2v) is 6.03. The molecule has 7 nitrogen and oxygen atoms in total. The monoisotopic (exact) mass is 369 g/mol. The van der Waals surface area contributed by atoms with Crippen molar-refractivity contribution < 1.29 is 4.39 Å². The number of pyridine rings is 3. The van der Waals surface area contributed by atoms with Crippen LogP contribution in [0.5, 0.6) is 0 Å². The van der Waals surface area contributed by atoms with E-state index in [1.54, 1.807) is 36.9 Å². The predicted octanol–water partition coefficient (Wildman–Crippen LogP) is 3.68. The molecule has 0 aromatic carbocycles. The molecule has 0 amide bonds. The van der Waals surface area contributed by atoms with E-state index in [2.05, 4.69) is 29.9 Å². The molecule has 0 saturated carbocycles. The van der Waals surface area contributed by atoms with Gasteiger partial charge >= 0.3 is 0 Å². The summed E-state index contributed by atoms with van der Waals surface area (Å²) in [5.41, 5.74) is 4.21. The maximum absolute atomic E-state index is 14.5. The summed E-state index contributed by atoms with van der Waals surface area (Å²) >= 11 is 0. The third-order valence-corrected chi connectivity index (χ3v) is 4.30. The first-order valence-corrected chi connectivity index (χ1v) is 8.47. The summed E-state index contributed by atoms with van der Waals surface area (Å²) in [5, 5.41) is 0. The number of hydrogen-bond donors (Lipinski definition) is 1. The number of rotatable bonds is 3. The molecule has 28 heavy (non-hydrogen) atoms. The smallest absolute Gasteiger partial charge is 0.178 e. The van der Waals surface area contributed by atoms with Crippen molar-refractivity contribution in [3.05, 3.63) is 73.5 Å². The summed E-state index contributed by atoms with van der Waals surface area (Å²) in [4.78, 5) is 28.6. The van der Waals surface area contributed by atoms with E-state index in [1.807, 2.05) is 18.2 Å². The van der Waals surface area contributed by atoms with Crippen molar-refractivity contribution in [3.8, 4) is 33.9 Å². The van der Waals surface area contributed by atoms with Crippen LogP contribution in [-0.4, -0.2) is 34.9 Å². The largest absolute Gasteiger partial charge is 0.335 e. The van der Waals surface area contributed by atoms with Crippen molar-refractivity contribution in [2.24, 2.45) is 0 Å². The van der Waals surface area contributed by atoms with Crippen LogP contribution in [0.25, 0.3) is 45.1 Å². The van der Waals surface area contributed by atoms with Gasteiger partial charge in [0.15, 0.2) is 11.5 Å². The molecule has 0 fully saturated rings. The number of aromatic nitrogens is 7. The summed E-state index contributed by atoms with van der Waals surface area (Å²) in [5.74, 6) is 0.138. The quantitative estimate of drug-likeness (QED) is 0.521. The van der Waals surface area contributed by atoms with Crippen LogP contribution in [-0.2, 0) is 0 Å². The van der Waals surface area contributed by atoms with Crippen LogP contribution in [0.4, 0.5) is 4.39 Å². The first-order chi connectivity index (χ1) is 13.8. The minimum atomic E-state index is -0.427.